The van der Waals surface area contributed by atoms with Crippen LogP contribution in [-0.2, 0) is 9.59 Å². The van der Waals surface area contributed by atoms with Crippen LogP contribution < -0.4 is 20.7 Å². The number of hydrogen-bond acceptors (Lipinski definition) is 6. The fourth-order valence-corrected chi connectivity index (χ4v) is 3.62. The highest BCUT2D eigenvalue weighted by Crippen LogP contribution is 2.33. The highest BCUT2D eigenvalue weighted by Gasteiger charge is 2.32. The molecule has 27 heavy (non-hydrogen) atoms. The van der Waals surface area contributed by atoms with Crippen LogP contribution in [0.4, 0.5) is 10.7 Å². The molecule has 1 aromatic carbocycles. The van der Waals surface area contributed by atoms with Gasteiger partial charge in [-0.1, -0.05) is 12.1 Å². The van der Waals surface area contributed by atoms with Crippen LogP contribution in [0.15, 0.2) is 35.7 Å². The van der Waals surface area contributed by atoms with Gasteiger partial charge in [-0.25, -0.2) is 0 Å². The van der Waals surface area contributed by atoms with E-state index in [0.29, 0.717) is 10.8 Å². The molecular weight excluding hydrogens is 368 g/mol. The molecule has 0 saturated heterocycles. The molecule has 0 saturated carbocycles. The number of carbonyl (C=O) groups is 3. The standard InChI is InChI=1S/C18H20N4O4S/c1-21(2)18(25)14-9-22(12-5-3-4-6-13(12)26-14)10-15(23)20-17-11(16(19)24)7-8-27-17/h3-8,14H,9-10H2,1-2H3,(H2,19,24)(H,20,23)/t14-/m0/s1. The third kappa shape index (κ3) is 4.03. The second kappa shape index (κ2) is 7.67. The zero-order chi connectivity index (χ0) is 19.6. The molecule has 142 valence electrons. The van der Waals surface area contributed by atoms with Crippen molar-refractivity contribution < 1.29 is 19.1 Å². The number of nitrogens with one attached hydrogen (secondary N) is 1. The highest BCUT2D eigenvalue weighted by molar-refractivity contribution is 7.14. The number of amides is 3. The van der Waals surface area contributed by atoms with Gasteiger partial charge in [-0.3, -0.25) is 14.4 Å². The minimum atomic E-state index is -0.703. The Hall–Kier alpha value is -3.07. The molecule has 0 radical (unpaired) electrons. The van der Waals surface area contributed by atoms with Crippen molar-refractivity contribution in [2.24, 2.45) is 5.73 Å². The van der Waals surface area contributed by atoms with Crippen molar-refractivity contribution in [1.29, 1.82) is 0 Å². The maximum Gasteiger partial charge on any atom is 0.265 e. The van der Waals surface area contributed by atoms with Crippen molar-refractivity contribution >= 4 is 39.7 Å². The average Bonchev–Trinajstić information content (AvgIpc) is 3.09. The third-order valence-electron chi connectivity index (χ3n) is 4.10. The van der Waals surface area contributed by atoms with E-state index in [4.69, 9.17) is 10.5 Å². The smallest absolute Gasteiger partial charge is 0.265 e. The molecule has 0 bridgehead atoms. The van der Waals surface area contributed by atoms with Gasteiger partial charge in [-0.05, 0) is 23.6 Å². The fraction of sp³-hybridized carbons (Fsp3) is 0.278. The Balaban J connectivity index is 1.78. The van der Waals surface area contributed by atoms with E-state index < -0.39 is 12.0 Å². The van der Waals surface area contributed by atoms with Crippen molar-refractivity contribution in [3.05, 3.63) is 41.3 Å². The van der Waals surface area contributed by atoms with Crippen LogP contribution in [0.5, 0.6) is 5.75 Å². The van der Waals surface area contributed by atoms with Gasteiger partial charge in [0.05, 0.1) is 24.3 Å². The molecule has 2 heterocycles. The number of thiophene rings is 1. The number of anilines is 2. The van der Waals surface area contributed by atoms with E-state index in [-0.39, 0.29) is 30.5 Å². The van der Waals surface area contributed by atoms with E-state index in [9.17, 15) is 14.4 Å². The zero-order valence-corrected chi connectivity index (χ0v) is 15.8. The van der Waals surface area contributed by atoms with E-state index >= 15 is 0 Å². The number of rotatable bonds is 5. The first-order valence-electron chi connectivity index (χ1n) is 8.25. The largest absolute Gasteiger partial charge is 0.477 e. The quantitative estimate of drug-likeness (QED) is 0.799. The number of nitrogens with zero attached hydrogens (tertiary/aromatic N) is 2. The summed E-state index contributed by atoms with van der Waals surface area (Å²) in [5.74, 6) is -0.539. The Bertz CT molecular complexity index is 880. The summed E-state index contributed by atoms with van der Waals surface area (Å²) in [6, 6.07) is 8.81. The first-order valence-corrected chi connectivity index (χ1v) is 9.13. The molecule has 1 atom stereocenters. The summed E-state index contributed by atoms with van der Waals surface area (Å²) in [4.78, 5) is 39.5. The molecule has 9 heteroatoms. The Morgan fingerprint density at radius 2 is 2.04 bits per heavy atom. The van der Waals surface area contributed by atoms with Gasteiger partial charge >= 0.3 is 0 Å². The van der Waals surface area contributed by atoms with Crippen molar-refractivity contribution in [3.63, 3.8) is 0 Å². The van der Waals surface area contributed by atoms with Gasteiger partial charge in [0, 0.05) is 14.1 Å². The minimum Gasteiger partial charge on any atom is -0.477 e. The molecule has 1 aromatic heterocycles. The van der Waals surface area contributed by atoms with E-state index in [2.05, 4.69) is 5.32 Å². The Morgan fingerprint density at radius 1 is 1.30 bits per heavy atom. The molecule has 0 unspecified atom stereocenters. The van der Waals surface area contributed by atoms with Gasteiger partial charge in [0.2, 0.25) is 5.91 Å². The number of para-hydroxylation sites is 2. The van der Waals surface area contributed by atoms with Gasteiger partial charge in [0.25, 0.3) is 11.8 Å². The second-order valence-electron chi connectivity index (χ2n) is 6.26. The van der Waals surface area contributed by atoms with Crippen molar-refractivity contribution in [1.82, 2.24) is 4.90 Å². The number of hydrogen-bond donors (Lipinski definition) is 2. The molecule has 3 amide bonds. The van der Waals surface area contributed by atoms with Crippen LogP contribution in [0.1, 0.15) is 10.4 Å². The van der Waals surface area contributed by atoms with Crippen molar-refractivity contribution in [3.8, 4) is 5.75 Å². The number of fused-ring (bicyclic) bond motifs is 1. The number of nitrogens with two attached hydrogens (primary N) is 1. The number of likely N-dealkylation sites (N-methyl/N-ethyl adjacent to an activating group) is 1. The van der Waals surface area contributed by atoms with Crippen LogP contribution in [-0.4, -0.2) is 55.9 Å². The molecule has 0 fully saturated rings. The molecule has 2 aromatic rings. The van der Waals surface area contributed by atoms with E-state index in [0.717, 1.165) is 5.69 Å². The van der Waals surface area contributed by atoms with Gasteiger partial charge in [0.1, 0.15) is 10.8 Å². The number of carbonyl (C=O) groups excluding carboxylic acids is 3. The predicted molar refractivity (Wildman–Crippen MR) is 103 cm³/mol. The van der Waals surface area contributed by atoms with Crippen LogP contribution in [0.25, 0.3) is 0 Å². The van der Waals surface area contributed by atoms with Gasteiger partial charge < -0.3 is 25.6 Å². The molecule has 3 N–H and O–H groups in total. The summed E-state index contributed by atoms with van der Waals surface area (Å²) in [5.41, 5.74) is 6.32. The zero-order valence-electron chi connectivity index (χ0n) is 15.0. The van der Waals surface area contributed by atoms with Crippen LogP contribution >= 0.6 is 11.3 Å². The topological polar surface area (TPSA) is 105 Å². The van der Waals surface area contributed by atoms with Gasteiger partial charge in [0.15, 0.2) is 6.10 Å². The summed E-state index contributed by atoms with van der Waals surface area (Å²) in [6.45, 7) is 0.252. The molecule has 1 aliphatic heterocycles. The lowest BCUT2D eigenvalue weighted by atomic mass is 10.1. The Morgan fingerprint density at radius 3 is 2.74 bits per heavy atom. The maximum atomic E-state index is 12.5. The summed E-state index contributed by atoms with van der Waals surface area (Å²) < 4.78 is 5.80. The van der Waals surface area contributed by atoms with Crippen LogP contribution in [0.2, 0.25) is 0 Å². The molecule has 1 aliphatic rings. The lowest BCUT2D eigenvalue weighted by molar-refractivity contribution is -0.136. The highest BCUT2D eigenvalue weighted by atomic mass is 32.1. The first-order chi connectivity index (χ1) is 12.9. The Kier molecular flexibility index (Phi) is 5.31. The number of ether oxygens (including phenoxy) is 1. The van der Waals surface area contributed by atoms with E-state index in [1.54, 1.807) is 36.5 Å². The van der Waals surface area contributed by atoms with E-state index in [1.807, 2.05) is 18.2 Å². The second-order valence-corrected chi connectivity index (χ2v) is 7.18. The summed E-state index contributed by atoms with van der Waals surface area (Å²) in [7, 11) is 3.32. The lowest BCUT2D eigenvalue weighted by Gasteiger charge is -2.36. The van der Waals surface area contributed by atoms with Crippen LogP contribution in [0, 0.1) is 0 Å². The minimum absolute atomic E-state index is 0.00762. The third-order valence-corrected chi connectivity index (χ3v) is 4.93. The average molecular weight is 388 g/mol. The number of primary amides is 1. The van der Waals surface area contributed by atoms with Crippen molar-refractivity contribution in [2.45, 2.75) is 6.10 Å². The Labute approximate surface area is 160 Å². The van der Waals surface area contributed by atoms with Gasteiger partial charge in [-0.2, -0.15) is 0 Å². The summed E-state index contributed by atoms with van der Waals surface area (Å²) >= 11 is 1.23. The summed E-state index contributed by atoms with van der Waals surface area (Å²) in [6.07, 6.45) is -0.703. The molecule has 8 nitrogen and oxygen atoms in total. The lowest BCUT2D eigenvalue weighted by Crippen LogP contribution is -2.50. The first kappa shape index (κ1) is 18.7. The predicted octanol–water partition coefficient (Wildman–Crippen LogP) is 1.14. The molecular formula is C18H20N4O4S. The van der Waals surface area contributed by atoms with E-state index in [1.165, 1.54) is 16.2 Å². The molecule has 0 aliphatic carbocycles. The normalized spacial score (nSPS) is 15.5. The van der Waals surface area contributed by atoms with Crippen molar-refractivity contribution in [2.75, 3.05) is 37.4 Å². The van der Waals surface area contributed by atoms with Crippen LogP contribution in [0.3, 0.4) is 0 Å². The van der Waals surface area contributed by atoms with Gasteiger partial charge in [-0.15, -0.1) is 11.3 Å². The molecule has 0 spiro atoms. The number of benzene rings is 1. The maximum absolute atomic E-state index is 12.5. The summed E-state index contributed by atoms with van der Waals surface area (Å²) in [5, 5.41) is 4.82. The molecule has 3 rings (SSSR count). The monoisotopic (exact) mass is 388 g/mol. The SMILES string of the molecule is CN(C)C(=O)[C@@H]1CN(CC(=O)Nc2sccc2C(N)=O)c2ccccc2O1. The fourth-order valence-electron chi connectivity index (χ4n) is 2.81.